The molecule has 8 aromatic carbocycles. The summed E-state index contributed by atoms with van der Waals surface area (Å²) in [6.45, 7) is 0. The topological polar surface area (TPSA) is 48.0 Å². The summed E-state index contributed by atoms with van der Waals surface area (Å²) in [6, 6.07) is 62.7. The van der Waals surface area contributed by atoms with Gasteiger partial charge in [0, 0.05) is 52.8 Å². The van der Waals surface area contributed by atoms with Gasteiger partial charge in [-0.25, -0.2) is 4.98 Å². The smallest absolute Gasteiger partial charge is 0.238 e. The van der Waals surface area contributed by atoms with Gasteiger partial charge in [0.15, 0.2) is 11.6 Å². The first kappa shape index (κ1) is 30.9. The normalized spacial score (nSPS) is 12.2. The molecule has 6 heteroatoms. The Kier molecular flexibility index (Phi) is 6.26. The number of hydrogen-bond donors (Lipinski definition) is 0. The van der Waals surface area contributed by atoms with E-state index in [-0.39, 0.29) is 0 Å². The predicted molar refractivity (Wildman–Crippen MR) is 237 cm³/mol. The van der Waals surface area contributed by atoms with Crippen LogP contribution in [0.3, 0.4) is 0 Å². The van der Waals surface area contributed by atoms with E-state index in [0.717, 1.165) is 33.3 Å². The van der Waals surface area contributed by atoms with Crippen LogP contribution in [0.25, 0.3) is 120 Å². The number of fused-ring (bicyclic) bond motifs is 4. The van der Waals surface area contributed by atoms with E-state index in [2.05, 4.69) is 161 Å². The average Bonchev–Trinajstić information content (AvgIpc) is 3.91. The highest BCUT2D eigenvalue weighted by atomic mass is 32.1. The van der Waals surface area contributed by atoms with Gasteiger partial charge in [-0.2, -0.15) is 9.97 Å². The fourth-order valence-electron chi connectivity index (χ4n) is 9.19. The lowest BCUT2D eigenvalue weighted by Crippen LogP contribution is -2.06. The SMILES string of the molecule is c1ccc(-c2ccc(-c3ccc(-c4nc(-c5ccccc5)nc(-n5c6ccc7sc8ccc9c%10ccccc%10n%10c%11cccc5c%11c6c7c8c9%10)n4)cc3)cc2)cc1. The van der Waals surface area contributed by atoms with Crippen LogP contribution in [-0.2, 0) is 0 Å². The number of hydrogen-bond acceptors (Lipinski definition) is 4. The third-order valence-electron chi connectivity index (χ3n) is 11.7. The lowest BCUT2D eigenvalue weighted by molar-refractivity contribution is 0.954. The molecule has 5 heterocycles. The number of para-hydroxylation sites is 1. The molecular formula is C51H29N5S. The van der Waals surface area contributed by atoms with E-state index in [1.165, 1.54) is 69.4 Å². The average molecular weight is 744 g/mol. The summed E-state index contributed by atoms with van der Waals surface area (Å²) in [5.74, 6) is 1.86. The molecule has 0 radical (unpaired) electrons. The Morgan fingerprint density at radius 3 is 1.58 bits per heavy atom. The fourth-order valence-corrected chi connectivity index (χ4v) is 10.3. The van der Waals surface area contributed by atoms with Gasteiger partial charge < -0.3 is 4.40 Å². The second kappa shape index (κ2) is 11.6. The highest BCUT2D eigenvalue weighted by Crippen LogP contribution is 2.50. The minimum Gasteiger partial charge on any atom is -0.308 e. The second-order valence-electron chi connectivity index (χ2n) is 14.8. The van der Waals surface area contributed by atoms with E-state index in [1.807, 2.05) is 35.6 Å². The number of thiophene rings is 1. The van der Waals surface area contributed by atoms with Crippen molar-refractivity contribution >= 4 is 80.6 Å². The first-order valence-electron chi connectivity index (χ1n) is 19.2. The summed E-state index contributed by atoms with van der Waals surface area (Å²) in [7, 11) is 0. The van der Waals surface area contributed by atoms with Crippen molar-refractivity contribution in [2.45, 2.75) is 0 Å². The molecule has 57 heavy (non-hydrogen) atoms. The molecule has 0 aliphatic carbocycles. The third kappa shape index (κ3) is 4.36. The van der Waals surface area contributed by atoms with Gasteiger partial charge in [-0.05, 0) is 58.7 Å². The van der Waals surface area contributed by atoms with Crippen molar-refractivity contribution in [3.63, 3.8) is 0 Å². The van der Waals surface area contributed by atoms with Crippen LogP contribution in [0.4, 0.5) is 0 Å². The van der Waals surface area contributed by atoms with Crippen molar-refractivity contribution in [2.75, 3.05) is 0 Å². The Bertz CT molecular complexity index is 3650. The number of nitrogens with zero attached hydrogens (tertiary/aromatic N) is 5. The minimum absolute atomic E-state index is 0.596. The first-order valence-corrected chi connectivity index (χ1v) is 20.0. The van der Waals surface area contributed by atoms with Gasteiger partial charge in [0.2, 0.25) is 5.95 Å². The molecule has 13 rings (SSSR count). The number of aromatic nitrogens is 5. The quantitative estimate of drug-likeness (QED) is 0.176. The summed E-state index contributed by atoms with van der Waals surface area (Å²) >= 11 is 1.87. The largest absolute Gasteiger partial charge is 0.308 e. The van der Waals surface area contributed by atoms with Gasteiger partial charge >= 0.3 is 0 Å². The van der Waals surface area contributed by atoms with Gasteiger partial charge in [-0.1, -0.05) is 140 Å². The van der Waals surface area contributed by atoms with E-state index in [9.17, 15) is 0 Å². The summed E-state index contributed by atoms with van der Waals surface area (Å²) < 4.78 is 7.34. The lowest BCUT2D eigenvalue weighted by Gasteiger charge is -2.12. The van der Waals surface area contributed by atoms with Gasteiger partial charge in [0.1, 0.15) is 0 Å². The van der Waals surface area contributed by atoms with Crippen LogP contribution in [0.2, 0.25) is 0 Å². The fraction of sp³-hybridized carbons (Fsp3) is 0. The molecule has 0 bridgehead atoms. The Morgan fingerprint density at radius 2 is 0.860 bits per heavy atom. The predicted octanol–water partition coefficient (Wildman–Crippen LogP) is 13.4. The summed E-state index contributed by atoms with van der Waals surface area (Å²) in [4.78, 5) is 15.7. The molecule has 0 N–H and O–H groups in total. The zero-order chi connectivity index (χ0) is 37.2. The van der Waals surface area contributed by atoms with Gasteiger partial charge in [-0.3, -0.25) is 4.57 Å². The molecule has 5 aromatic heterocycles. The minimum atomic E-state index is 0.596. The molecule has 0 saturated carbocycles. The molecule has 0 aliphatic heterocycles. The molecule has 0 atom stereocenters. The van der Waals surface area contributed by atoms with Crippen LogP contribution in [0.1, 0.15) is 0 Å². The lowest BCUT2D eigenvalue weighted by atomic mass is 9.99. The van der Waals surface area contributed by atoms with Crippen molar-refractivity contribution < 1.29 is 0 Å². The van der Waals surface area contributed by atoms with E-state index in [0.29, 0.717) is 17.6 Å². The molecule has 0 spiro atoms. The Balaban J connectivity index is 1.04. The zero-order valence-electron chi connectivity index (χ0n) is 30.4. The molecule has 0 unspecified atom stereocenters. The van der Waals surface area contributed by atoms with Crippen molar-refractivity contribution in [1.29, 1.82) is 0 Å². The van der Waals surface area contributed by atoms with Crippen LogP contribution in [0, 0.1) is 0 Å². The number of benzene rings is 8. The van der Waals surface area contributed by atoms with E-state index < -0.39 is 0 Å². The van der Waals surface area contributed by atoms with Crippen LogP contribution in [0.15, 0.2) is 176 Å². The van der Waals surface area contributed by atoms with Gasteiger partial charge in [-0.15, -0.1) is 11.3 Å². The highest BCUT2D eigenvalue weighted by molar-refractivity contribution is 7.26. The van der Waals surface area contributed by atoms with Gasteiger partial charge in [0.25, 0.3) is 0 Å². The van der Waals surface area contributed by atoms with E-state index in [1.54, 1.807) is 0 Å². The second-order valence-corrected chi connectivity index (χ2v) is 15.9. The standard InChI is InChI=1S/C51H29N5S/c1-3-10-30(11-4-1)31-18-20-32(21-19-31)33-22-24-35(25-23-33)50-52-49(34-12-5-2-6-13-34)53-51(54-50)56-40-17-9-16-39-44(40)45-41(56)27-29-42-46(45)47-43(57-42)28-26-37-36-14-7-8-15-38(36)55(39)48(37)47/h1-29H. The van der Waals surface area contributed by atoms with Gasteiger partial charge in [0.05, 0.1) is 27.6 Å². The monoisotopic (exact) mass is 743 g/mol. The van der Waals surface area contributed by atoms with Crippen LogP contribution >= 0.6 is 11.3 Å². The first-order chi connectivity index (χ1) is 28.3. The highest BCUT2D eigenvalue weighted by Gasteiger charge is 2.26. The van der Waals surface area contributed by atoms with E-state index in [4.69, 9.17) is 15.0 Å². The Labute approximate surface area is 330 Å². The molecular weight excluding hydrogens is 715 g/mol. The summed E-state index contributed by atoms with van der Waals surface area (Å²) in [5.41, 5.74) is 12.4. The molecule has 0 saturated heterocycles. The maximum absolute atomic E-state index is 5.31. The summed E-state index contributed by atoms with van der Waals surface area (Å²) in [5, 5.41) is 7.64. The number of rotatable bonds is 5. The Morgan fingerprint density at radius 1 is 0.333 bits per heavy atom. The molecule has 0 fully saturated rings. The molecule has 0 aliphatic rings. The molecule has 0 amide bonds. The molecule has 5 nitrogen and oxygen atoms in total. The molecule has 13 aromatic rings. The maximum Gasteiger partial charge on any atom is 0.238 e. The van der Waals surface area contributed by atoms with Crippen LogP contribution in [-0.4, -0.2) is 23.9 Å². The van der Waals surface area contributed by atoms with Crippen molar-refractivity contribution in [1.82, 2.24) is 23.9 Å². The van der Waals surface area contributed by atoms with Crippen LogP contribution < -0.4 is 0 Å². The third-order valence-corrected chi connectivity index (χ3v) is 12.9. The van der Waals surface area contributed by atoms with Crippen molar-refractivity contribution in [2.24, 2.45) is 0 Å². The van der Waals surface area contributed by atoms with Crippen molar-refractivity contribution in [3.8, 4) is 51.0 Å². The van der Waals surface area contributed by atoms with E-state index >= 15 is 0 Å². The maximum atomic E-state index is 5.31. The molecule has 264 valence electrons. The van der Waals surface area contributed by atoms with Crippen LogP contribution in [0.5, 0.6) is 0 Å². The Hall–Kier alpha value is -7.41. The van der Waals surface area contributed by atoms with Crippen molar-refractivity contribution in [3.05, 3.63) is 176 Å². The summed E-state index contributed by atoms with van der Waals surface area (Å²) in [6.07, 6.45) is 0. The zero-order valence-corrected chi connectivity index (χ0v) is 31.2.